The van der Waals surface area contributed by atoms with Gasteiger partial charge < -0.3 is 11.1 Å². The van der Waals surface area contributed by atoms with E-state index in [0.29, 0.717) is 23.7 Å². The van der Waals surface area contributed by atoms with Crippen LogP contribution in [0.3, 0.4) is 0 Å². The lowest BCUT2D eigenvalue weighted by Crippen LogP contribution is -2.26. The van der Waals surface area contributed by atoms with Crippen molar-refractivity contribution in [3.05, 3.63) is 29.0 Å². The number of nitrogen functional groups attached to an aromatic ring is 1. The van der Waals surface area contributed by atoms with Crippen LogP contribution in [-0.2, 0) is 6.54 Å². The zero-order valence-corrected chi connectivity index (χ0v) is 9.28. The Morgan fingerprint density at radius 2 is 2.44 bits per heavy atom. The van der Waals surface area contributed by atoms with Crippen LogP contribution in [0.15, 0.2) is 24.1 Å². The van der Waals surface area contributed by atoms with Gasteiger partial charge in [-0.2, -0.15) is 5.10 Å². The van der Waals surface area contributed by atoms with E-state index in [1.807, 2.05) is 0 Å². The third-order valence-electron chi connectivity index (χ3n) is 1.94. The van der Waals surface area contributed by atoms with Crippen LogP contribution < -0.4 is 11.1 Å². The van der Waals surface area contributed by atoms with Gasteiger partial charge in [-0.3, -0.25) is 14.5 Å². The van der Waals surface area contributed by atoms with Crippen molar-refractivity contribution < 1.29 is 4.79 Å². The fourth-order valence-corrected chi connectivity index (χ4v) is 1.74. The normalized spacial score (nSPS) is 10.2. The van der Waals surface area contributed by atoms with Gasteiger partial charge >= 0.3 is 0 Å². The summed E-state index contributed by atoms with van der Waals surface area (Å²) in [6, 6.07) is 0. The van der Waals surface area contributed by atoms with Crippen LogP contribution in [0.5, 0.6) is 0 Å². The van der Waals surface area contributed by atoms with Crippen LogP contribution in [0.2, 0.25) is 0 Å². The van der Waals surface area contributed by atoms with Crippen molar-refractivity contribution in [3.63, 3.8) is 0 Å². The minimum Gasteiger partial charge on any atom is -0.396 e. The Bertz CT molecular complexity index is 464. The van der Waals surface area contributed by atoms with Gasteiger partial charge in [0, 0.05) is 12.7 Å². The van der Waals surface area contributed by atoms with Gasteiger partial charge in [0.25, 0.3) is 5.91 Å². The van der Waals surface area contributed by atoms with Gasteiger partial charge in [-0.25, -0.2) is 0 Å². The van der Waals surface area contributed by atoms with Crippen molar-refractivity contribution in [2.75, 3.05) is 12.3 Å². The number of carbonyl (C=O) groups excluding carboxylic acids is 1. The summed E-state index contributed by atoms with van der Waals surface area (Å²) in [5, 5.41) is 6.78. The van der Waals surface area contributed by atoms with E-state index >= 15 is 0 Å². The first-order valence-corrected chi connectivity index (χ1v) is 5.58. The fraction of sp³-hybridized carbons (Fsp3) is 0.222. The van der Waals surface area contributed by atoms with Gasteiger partial charge in [0.15, 0.2) is 0 Å². The maximum atomic E-state index is 11.5. The van der Waals surface area contributed by atoms with Gasteiger partial charge in [-0.15, -0.1) is 11.3 Å². The number of thiazole rings is 1. The smallest absolute Gasteiger partial charge is 0.263 e. The van der Waals surface area contributed by atoms with Crippen molar-refractivity contribution in [1.82, 2.24) is 20.1 Å². The molecule has 2 aromatic heterocycles. The molecular formula is C9H11N5OS. The Morgan fingerprint density at radius 3 is 3.06 bits per heavy atom. The average molecular weight is 237 g/mol. The molecule has 0 unspecified atom stereocenters. The first-order valence-electron chi connectivity index (χ1n) is 4.70. The molecule has 0 saturated carbocycles. The van der Waals surface area contributed by atoms with E-state index in [-0.39, 0.29) is 5.91 Å². The maximum Gasteiger partial charge on any atom is 0.263 e. The standard InChI is InChI=1S/C9H11N5OS/c10-7-3-13-14(5-7)2-1-12-9(15)8-4-11-6-16-8/h3-6H,1-2,10H2,(H,12,15). The molecule has 0 radical (unpaired) electrons. The molecule has 2 aromatic rings. The number of nitrogens with two attached hydrogens (primary N) is 1. The van der Waals surface area contributed by atoms with E-state index < -0.39 is 0 Å². The summed E-state index contributed by atoms with van der Waals surface area (Å²) in [4.78, 5) is 16.0. The summed E-state index contributed by atoms with van der Waals surface area (Å²) in [6.07, 6.45) is 4.84. The predicted octanol–water partition coefficient (Wildman–Crippen LogP) is 0.352. The molecule has 0 aliphatic rings. The largest absolute Gasteiger partial charge is 0.396 e. The molecular weight excluding hydrogens is 226 g/mol. The third-order valence-corrected chi connectivity index (χ3v) is 2.71. The predicted molar refractivity (Wildman–Crippen MR) is 61.1 cm³/mol. The highest BCUT2D eigenvalue weighted by molar-refractivity contribution is 7.11. The van der Waals surface area contributed by atoms with Crippen LogP contribution in [-0.4, -0.2) is 27.2 Å². The van der Waals surface area contributed by atoms with Gasteiger partial charge in [0.2, 0.25) is 0 Å². The minimum atomic E-state index is -0.109. The Kier molecular flexibility index (Phi) is 3.16. The number of hydrogen-bond acceptors (Lipinski definition) is 5. The molecule has 84 valence electrons. The number of amides is 1. The number of rotatable bonds is 4. The quantitative estimate of drug-likeness (QED) is 0.803. The lowest BCUT2D eigenvalue weighted by atomic mass is 10.5. The lowest BCUT2D eigenvalue weighted by Gasteiger charge is -2.03. The van der Waals surface area contributed by atoms with E-state index in [0.717, 1.165) is 0 Å². The van der Waals surface area contributed by atoms with Crippen LogP contribution in [0.4, 0.5) is 5.69 Å². The molecule has 2 rings (SSSR count). The number of aromatic nitrogens is 3. The zero-order valence-electron chi connectivity index (χ0n) is 8.46. The van der Waals surface area contributed by atoms with Gasteiger partial charge in [0.1, 0.15) is 4.88 Å². The highest BCUT2D eigenvalue weighted by atomic mass is 32.1. The van der Waals surface area contributed by atoms with Crippen molar-refractivity contribution in [3.8, 4) is 0 Å². The molecule has 6 nitrogen and oxygen atoms in total. The highest BCUT2D eigenvalue weighted by Crippen LogP contribution is 2.04. The Morgan fingerprint density at radius 1 is 1.56 bits per heavy atom. The molecule has 1 amide bonds. The molecule has 0 aliphatic carbocycles. The summed E-state index contributed by atoms with van der Waals surface area (Å²) in [6.45, 7) is 1.11. The lowest BCUT2D eigenvalue weighted by molar-refractivity contribution is 0.0956. The van der Waals surface area contributed by atoms with Crippen LogP contribution >= 0.6 is 11.3 Å². The Hall–Kier alpha value is -1.89. The van der Waals surface area contributed by atoms with Gasteiger partial charge in [-0.05, 0) is 0 Å². The summed E-state index contributed by atoms with van der Waals surface area (Å²) in [5.74, 6) is -0.109. The number of anilines is 1. The van der Waals surface area contributed by atoms with E-state index in [9.17, 15) is 4.79 Å². The monoisotopic (exact) mass is 237 g/mol. The van der Waals surface area contributed by atoms with E-state index in [2.05, 4.69) is 15.4 Å². The second-order valence-corrected chi connectivity index (χ2v) is 4.04. The third kappa shape index (κ3) is 2.57. The summed E-state index contributed by atoms with van der Waals surface area (Å²) >= 11 is 1.32. The van der Waals surface area contributed by atoms with Crippen molar-refractivity contribution >= 4 is 22.9 Å². The van der Waals surface area contributed by atoms with E-state index in [4.69, 9.17) is 5.73 Å². The SMILES string of the molecule is Nc1cnn(CCNC(=O)c2cncs2)c1. The van der Waals surface area contributed by atoms with E-state index in [1.54, 1.807) is 28.8 Å². The van der Waals surface area contributed by atoms with Crippen molar-refractivity contribution in [2.45, 2.75) is 6.54 Å². The second kappa shape index (κ2) is 4.75. The summed E-state index contributed by atoms with van der Waals surface area (Å²) in [7, 11) is 0. The zero-order chi connectivity index (χ0) is 11.4. The summed E-state index contributed by atoms with van der Waals surface area (Å²) in [5.41, 5.74) is 7.76. The van der Waals surface area contributed by atoms with E-state index in [1.165, 1.54) is 11.3 Å². The first kappa shape index (κ1) is 10.6. The Balaban J connectivity index is 1.78. The molecule has 7 heteroatoms. The number of carbonyl (C=O) groups is 1. The maximum absolute atomic E-state index is 11.5. The first-order chi connectivity index (χ1) is 7.75. The average Bonchev–Trinajstić information content (AvgIpc) is 2.89. The summed E-state index contributed by atoms with van der Waals surface area (Å²) < 4.78 is 1.68. The van der Waals surface area contributed by atoms with Crippen molar-refractivity contribution in [2.24, 2.45) is 0 Å². The molecule has 16 heavy (non-hydrogen) atoms. The van der Waals surface area contributed by atoms with Crippen LogP contribution in [0, 0.1) is 0 Å². The molecule has 0 bridgehead atoms. The second-order valence-electron chi connectivity index (χ2n) is 3.16. The van der Waals surface area contributed by atoms with Crippen molar-refractivity contribution in [1.29, 1.82) is 0 Å². The number of nitrogens with zero attached hydrogens (tertiary/aromatic N) is 3. The molecule has 0 saturated heterocycles. The molecule has 3 N–H and O–H groups in total. The van der Waals surface area contributed by atoms with Crippen LogP contribution in [0.1, 0.15) is 9.67 Å². The molecule has 0 atom stereocenters. The van der Waals surface area contributed by atoms with Crippen LogP contribution in [0.25, 0.3) is 0 Å². The molecule has 0 spiro atoms. The molecule has 2 heterocycles. The van der Waals surface area contributed by atoms with Gasteiger partial charge in [-0.1, -0.05) is 0 Å². The number of hydrogen-bond donors (Lipinski definition) is 2. The molecule has 0 aliphatic heterocycles. The minimum absolute atomic E-state index is 0.109. The highest BCUT2D eigenvalue weighted by Gasteiger charge is 2.05. The van der Waals surface area contributed by atoms with Gasteiger partial charge in [0.05, 0.1) is 30.1 Å². The molecule has 0 aromatic carbocycles. The Labute approximate surface area is 96.1 Å². The fourth-order valence-electron chi connectivity index (χ4n) is 1.20. The number of nitrogens with one attached hydrogen (secondary N) is 1. The topological polar surface area (TPSA) is 85.8 Å². The molecule has 0 fully saturated rings.